The van der Waals surface area contributed by atoms with E-state index in [-0.39, 0.29) is 10.8 Å². The highest BCUT2D eigenvalue weighted by Gasteiger charge is 2.29. The summed E-state index contributed by atoms with van der Waals surface area (Å²) < 4.78 is 6.03. The number of hydrogen-bond acceptors (Lipinski definition) is 1. The zero-order valence-corrected chi connectivity index (χ0v) is 11.3. The predicted octanol–water partition coefficient (Wildman–Crippen LogP) is 4.12. The van der Waals surface area contributed by atoms with Crippen molar-refractivity contribution in [2.75, 3.05) is 6.61 Å². The summed E-state index contributed by atoms with van der Waals surface area (Å²) in [6, 6.07) is 0. The van der Waals surface area contributed by atoms with E-state index < -0.39 is 0 Å². The van der Waals surface area contributed by atoms with Crippen molar-refractivity contribution in [3.05, 3.63) is 0 Å². The van der Waals surface area contributed by atoms with E-state index in [9.17, 15) is 0 Å². The van der Waals surface area contributed by atoms with E-state index in [2.05, 4.69) is 55.4 Å². The second kappa shape index (κ2) is 4.65. The number of rotatable bonds is 3. The Labute approximate surface area is 90.2 Å². The zero-order chi connectivity index (χ0) is 11.6. The summed E-state index contributed by atoms with van der Waals surface area (Å²) in [6.07, 6.45) is 0.349. The van der Waals surface area contributed by atoms with Gasteiger partial charge >= 0.3 is 0 Å². The van der Waals surface area contributed by atoms with Gasteiger partial charge in [-0.05, 0) is 16.7 Å². The largest absolute Gasteiger partial charge is 0.377 e. The Kier molecular flexibility index (Phi) is 4.64. The summed E-state index contributed by atoms with van der Waals surface area (Å²) in [5.41, 5.74) is 0.498. The van der Waals surface area contributed by atoms with E-state index in [1.165, 1.54) is 0 Å². The van der Waals surface area contributed by atoms with Crippen molar-refractivity contribution in [2.24, 2.45) is 16.7 Å². The normalized spacial score (nSPS) is 16.1. The topological polar surface area (TPSA) is 9.23 Å². The Morgan fingerprint density at radius 2 is 1.36 bits per heavy atom. The van der Waals surface area contributed by atoms with Gasteiger partial charge in [-0.2, -0.15) is 0 Å². The molecule has 0 fully saturated rings. The average Bonchev–Trinajstić information content (AvgIpc) is 1.79. The Balaban J connectivity index is 4.27. The molecule has 0 spiro atoms. The van der Waals surface area contributed by atoms with Gasteiger partial charge in [0.25, 0.3) is 0 Å². The van der Waals surface area contributed by atoms with Crippen molar-refractivity contribution in [3.8, 4) is 0 Å². The van der Waals surface area contributed by atoms with Crippen LogP contribution in [0.1, 0.15) is 55.4 Å². The lowest BCUT2D eigenvalue weighted by Gasteiger charge is -2.35. The Hall–Kier alpha value is -0.0400. The molecular weight excluding hydrogens is 172 g/mol. The molecule has 0 bridgehead atoms. The molecule has 0 aromatic heterocycles. The summed E-state index contributed by atoms with van der Waals surface area (Å²) in [6.45, 7) is 18.7. The van der Waals surface area contributed by atoms with Gasteiger partial charge in [-0.25, -0.2) is 0 Å². The molecule has 1 nitrogen and oxygen atoms in total. The van der Waals surface area contributed by atoms with Crippen LogP contribution in [0.2, 0.25) is 0 Å². The first-order valence-electron chi connectivity index (χ1n) is 5.65. The maximum Gasteiger partial charge on any atom is 0.0646 e. The highest BCUT2D eigenvalue weighted by Crippen LogP contribution is 2.29. The van der Waals surface area contributed by atoms with Crippen LogP contribution in [0.3, 0.4) is 0 Å². The average molecular weight is 200 g/mol. The molecule has 0 rings (SSSR count). The van der Waals surface area contributed by atoms with Crippen molar-refractivity contribution in [3.63, 3.8) is 0 Å². The fourth-order valence-electron chi connectivity index (χ4n) is 1.78. The van der Waals surface area contributed by atoms with E-state index in [1.807, 2.05) is 0 Å². The highest BCUT2D eigenvalue weighted by molar-refractivity contribution is 4.78. The second-order valence-electron chi connectivity index (χ2n) is 6.90. The molecule has 14 heavy (non-hydrogen) atoms. The van der Waals surface area contributed by atoms with Gasteiger partial charge in [0.2, 0.25) is 0 Å². The molecule has 0 radical (unpaired) electrons. The lowest BCUT2D eigenvalue weighted by molar-refractivity contribution is -0.0712. The molecule has 0 saturated heterocycles. The molecule has 1 atom stereocenters. The van der Waals surface area contributed by atoms with Gasteiger partial charge in [0.15, 0.2) is 0 Å². The van der Waals surface area contributed by atoms with Crippen molar-refractivity contribution in [2.45, 2.75) is 61.5 Å². The van der Waals surface area contributed by atoms with Gasteiger partial charge in [-0.3, -0.25) is 0 Å². The Morgan fingerprint density at radius 3 is 1.57 bits per heavy atom. The molecule has 0 aliphatic heterocycles. The summed E-state index contributed by atoms with van der Waals surface area (Å²) in [7, 11) is 0. The molecule has 0 aromatic rings. The fourth-order valence-corrected chi connectivity index (χ4v) is 1.78. The first-order valence-corrected chi connectivity index (χ1v) is 5.65. The Bertz CT molecular complexity index is 157. The summed E-state index contributed by atoms with van der Waals surface area (Å²) >= 11 is 0. The van der Waals surface area contributed by atoms with Crippen molar-refractivity contribution in [1.29, 1.82) is 0 Å². The Morgan fingerprint density at radius 1 is 0.929 bits per heavy atom. The molecule has 0 N–H and O–H groups in total. The van der Waals surface area contributed by atoms with Crippen LogP contribution < -0.4 is 0 Å². The van der Waals surface area contributed by atoms with Gasteiger partial charge in [0.1, 0.15) is 0 Å². The third-order valence-corrected chi connectivity index (χ3v) is 2.15. The molecule has 0 heterocycles. The van der Waals surface area contributed by atoms with Crippen LogP contribution in [-0.4, -0.2) is 12.7 Å². The second-order valence-corrected chi connectivity index (χ2v) is 6.90. The van der Waals surface area contributed by atoms with E-state index >= 15 is 0 Å². The third-order valence-electron chi connectivity index (χ3n) is 2.15. The standard InChI is InChI=1S/C13H28O/c1-10(2)11(13(6,7)8)14-9-12(3,4)5/h10-11H,9H2,1-8H3. The minimum Gasteiger partial charge on any atom is -0.377 e. The third kappa shape index (κ3) is 5.64. The minimum absolute atomic E-state index is 0.236. The first-order chi connectivity index (χ1) is 6.04. The van der Waals surface area contributed by atoms with Gasteiger partial charge in [0, 0.05) is 0 Å². The first kappa shape index (κ1) is 14.0. The van der Waals surface area contributed by atoms with Crippen LogP contribution in [0.15, 0.2) is 0 Å². The van der Waals surface area contributed by atoms with Crippen LogP contribution in [0.4, 0.5) is 0 Å². The number of ether oxygens (including phenoxy) is 1. The quantitative estimate of drug-likeness (QED) is 0.666. The van der Waals surface area contributed by atoms with Gasteiger partial charge in [0.05, 0.1) is 12.7 Å². The summed E-state index contributed by atoms with van der Waals surface area (Å²) in [4.78, 5) is 0. The molecule has 0 amide bonds. The van der Waals surface area contributed by atoms with Crippen molar-refractivity contribution < 1.29 is 4.74 Å². The monoisotopic (exact) mass is 200 g/mol. The predicted molar refractivity (Wildman–Crippen MR) is 63.5 cm³/mol. The van der Waals surface area contributed by atoms with Crippen LogP contribution >= 0.6 is 0 Å². The lowest BCUT2D eigenvalue weighted by atomic mass is 9.82. The molecule has 1 unspecified atom stereocenters. The van der Waals surface area contributed by atoms with Crippen LogP contribution in [0.5, 0.6) is 0 Å². The van der Waals surface area contributed by atoms with E-state index in [4.69, 9.17) is 4.74 Å². The van der Waals surface area contributed by atoms with E-state index in [0.717, 1.165) is 6.61 Å². The van der Waals surface area contributed by atoms with Crippen LogP contribution in [0.25, 0.3) is 0 Å². The van der Waals surface area contributed by atoms with E-state index in [1.54, 1.807) is 0 Å². The molecule has 0 aliphatic rings. The molecule has 86 valence electrons. The number of hydrogen-bond donors (Lipinski definition) is 0. The SMILES string of the molecule is CC(C)C(OCC(C)(C)C)C(C)(C)C. The highest BCUT2D eigenvalue weighted by atomic mass is 16.5. The maximum atomic E-state index is 6.03. The van der Waals surface area contributed by atoms with Gasteiger partial charge < -0.3 is 4.74 Å². The van der Waals surface area contributed by atoms with Crippen molar-refractivity contribution >= 4 is 0 Å². The minimum atomic E-state index is 0.236. The van der Waals surface area contributed by atoms with Crippen LogP contribution in [-0.2, 0) is 4.74 Å². The smallest absolute Gasteiger partial charge is 0.0646 e. The summed E-state index contributed by atoms with van der Waals surface area (Å²) in [5, 5.41) is 0. The molecule has 0 aromatic carbocycles. The van der Waals surface area contributed by atoms with Gasteiger partial charge in [-0.1, -0.05) is 55.4 Å². The fraction of sp³-hybridized carbons (Fsp3) is 1.00. The molecule has 0 aliphatic carbocycles. The lowest BCUT2D eigenvalue weighted by Crippen LogP contribution is -2.36. The molecular formula is C13H28O. The van der Waals surface area contributed by atoms with Gasteiger partial charge in [-0.15, -0.1) is 0 Å². The van der Waals surface area contributed by atoms with Crippen LogP contribution in [0, 0.1) is 16.7 Å². The zero-order valence-electron chi connectivity index (χ0n) is 11.3. The molecule has 1 heteroatoms. The summed E-state index contributed by atoms with van der Waals surface area (Å²) in [5.74, 6) is 0.581. The molecule has 0 saturated carbocycles. The van der Waals surface area contributed by atoms with E-state index in [0.29, 0.717) is 12.0 Å². The maximum absolute atomic E-state index is 6.03. The van der Waals surface area contributed by atoms with Crippen molar-refractivity contribution in [1.82, 2.24) is 0 Å².